The average molecular weight is 271 g/mol. The van der Waals surface area contributed by atoms with Crippen LogP contribution in [0.5, 0.6) is 0 Å². The Morgan fingerprint density at radius 1 is 1.25 bits per heavy atom. The normalized spacial score (nSPS) is 10.9. The van der Waals surface area contributed by atoms with Crippen LogP contribution in [0.3, 0.4) is 0 Å². The van der Waals surface area contributed by atoms with Gasteiger partial charge in [-0.3, -0.25) is 9.78 Å². The molecule has 1 heterocycles. The summed E-state index contributed by atoms with van der Waals surface area (Å²) in [5.74, 6) is 0.142. The molecule has 4 heteroatoms. The molecule has 0 atom stereocenters. The van der Waals surface area contributed by atoms with Crippen LogP contribution in [0.25, 0.3) is 10.8 Å². The van der Waals surface area contributed by atoms with Gasteiger partial charge in [0.05, 0.1) is 0 Å². The van der Waals surface area contributed by atoms with Gasteiger partial charge in [0.15, 0.2) is 0 Å². The Kier molecular flexibility index (Phi) is 5.07. The zero-order valence-corrected chi connectivity index (χ0v) is 12.0. The fourth-order valence-corrected chi connectivity index (χ4v) is 2.05. The first-order chi connectivity index (χ1) is 9.68. The van der Waals surface area contributed by atoms with E-state index in [1.165, 1.54) is 10.9 Å². The van der Waals surface area contributed by atoms with Crippen molar-refractivity contribution in [3.8, 4) is 0 Å². The molecule has 1 amide bonds. The van der Waals surface area contributed by atoms with Crippen molar-refractivity contribution in [1.29, 1.82) is 0 Å². The molecule has 0 aliphatic rings. The smallest absolute Gasteiger partial charge is 0.222 e. The highest BCUT2D eigenvalue weighted by atomic mass is 16.1. The highest BCUT2D eigenvalue weighted by Gasteiger charge is 2.05. The molecule has 1 aromatic carbocycles. The van der Waals surface area contributed by atoms with Crippen molar-refractivity contribution in [3.63, 3.8) is 0 Å². The first-order valence-corrected chi connectivity index (χ1v) is 6.98. The van der Waals surface area contributed by atoms with Crippen LogP contribution in [0.1, 0.15) is 19.4 Å². The summed E-state index contributed by atoms with van der Waals surface area (Å²) in [6, 6.07) is 8.26. The summed E-state index contributed by atoms with van der Waals surface area (Å²) in [4.78, 5) is 15.5. The molecule has 1 aromatic heterocycles. The van der Waals surface area contributed by atoms with Gasteiger partial charge in [-0.2, -0.15) is 0 Å². The molecular weight excluding hydrogens is 250 g/mol. The monoisotopic (exact) mass is 271 g/mol. The van der Waals surface area contributed by atoms with Crippen LogP contribution < -0.4 is 10.6 Å². The van der Waals surface area contributed by atoms with Crippen LogP contribution in [-0.4, -0.2) is 24.0 Å². The van der Waals surface area contributed by atoms with Crippen LogP contribution in [0, 0.1) is 5.92 Å². The van der Waals surface area contributed by atoms with Crippen molar-refractivity contribution in [2.24, 2.45) is 5.92 Å². The maximum atomic E-state index is 11.4. The Labute approximate surface area is 119 Å². The molecule has 0 bridgehead atoms. The number of nitrogens with zero attached hydrogens (tertiary/aromatic N) is 1. The third kappa shape index (κ3) is 3.78. The minimum absolute atomic E-state index is 0.0422. The molecule has 0 spiro atoms. The minimum atomic E-state index is 0.0422. The van der Waals surface area contributed by atoms with E-state index in [0.29, 0.717) is 6.54 Å². The number of rotatable bonds is 6. The van der Waals surface area contributed by atoms with Crippen LogP contribution in [0.4, 0.5) is 0 Å². The summed E-state index contributed by atoms with van der Waals surface area (Å²) in [7, 11) is 0. The lowest BCUT2D eigenvalue weighted by Gasteiger charge is -2.10. The zero-order chi connectivity index (χ0) is 14.4. The van der Waals surface area contributed by atoms with Gasteiger partial charge in [0.25, 0.3) is 0 Å². The molecule has 2 rings (SSSR count). The number of aromatic nitrogens is 1. The fraction of sp³-hybridized carbons (Fsp3) is 0.375. The van der Waals surface area contributed by atoms with Gasteiger partial charge in [-0.05, 0) is 17.0 Å². The number of carbonyl (C=O) groups is 1. The van der Waals surface area contributed by atoms with E-state index in [2.05, 4.69) is 27.8 Å². The standard InChI is InChI=1S/C16H21N3O/c1-12(2)16(20)19-9-8-18-11-14-5-3-4-13-10-17-7-6-15(13)14/h3-7,10,12,18H,8-9,11H2,1-2H3,(H,19,20). The van der Waals surface area contributed by atoms with E-state index in [4.69, 9.17) is 0 Å². The molecule has 20 heavy (non-hydrogen) atoms. The molecule has 0 saturated heterocycles. The summed E-state index contributed by atoms with van der Waals surface area (Å²) in [6.45, 7) is 6.00. The Bertz CT molecular complexity index is 575. The van der Waals surface area contributed by atoms with Gasteiger partial charge in [-0.1, -0.05) is 32.0 Å². The first-order valence-electron chi connectivity index (χ1n) is 6.98. The van der Waals surface area contributed by atoms with Crippen molar-refractivity contribution in [3.05, 3.63) is 42.2 Å². The van der Waals surface area contributed by atoms with Gasteiger partial charge in [-0.15, -0.1) is 0 Å². The third-order valence-electron chi connectivity index (χ3n) is 3.21. The second-order valence-corrected chi connectivity index (χ2v) is 5.14. The molecule has 0 saturated carbocycles. The van der Waals surface area contributed by atoms with Crippen molar-refractivity contribution in [2.45, 2.75) is 20.4 Å². The van der Waals surface area contributed by atoms with Crippen molar-refractivity contribution in [2.75, 3.05) is 13.1 Å². The molecular formula is C16H21N3O. The molecule has 2 aromatic rings. The minimum Gasteiger partial charge on any atom is -0.355 e. The Balaban J connectivity index is 1.83. The summed E-state index contributed by atoms with van der Waals surface area (Å²) < 4.78 is 0. The number of carbonyl (C=O) groups excluding carboxylic acids is 1. The second-order valence-electron chi connectivity index (χ2n) is 5.14. The van der Waals surface area contributed by atoms with Crippen molar-refractivity contribution in [1.82, 2.24) is 15.6 Å². The van der Waals surface area contributed by atoms with E-state index in [1.54, 1.807) is 0 Å². The van der Waals surface area contributed by atoms with Crippen molar-refractivity contribution >= 4 is 16.7 Å². The maximum absolute atomic E-state index is 11.4. The highest BCUT2D eigenvalue weighted by Crippen LogP contribution is 2.16. The van der Waals surface area contributed by atoms with E-state index in [-0.39, 0.29) is 11.8 Å². The molecule has 0 aliphatic carbocycles. The van der Waals surface area contributed by atoms with E-state index in [0.717, 1.165) is 18.5 Å². The number of hydrogen-bond donors (Lipinski definition) is 2. The SMILES string of the molecule is CC(C)C(=O)NCCNCc1cccc2cnccc12. The van der Waals surface area contributed by atoms with E-state index < -0.39 is 0 Å². The number of hydrogen-bond acceptors (Lipinski definition) is 3. The van der Waals surface area contributed by atoms with Crippen molar-refractivity contribution < 1.29 is 4.79 Å². The summed E-state index contributed by atoms with van der Waals surface area (Å²) >= 11 is 0. The third-order valence-corrected chi connectivity index (χ3v) is 3.21. The van der Waals surface area contributed by atoms with E-state index in [9.17, 15) is 4.79 Å². The van der Waals surface area contributed by atoms with Gasteiger partial charge in [-0.25, -0.2) is 0 Å². The van der Waals surface area contributed by atoms with E-state index in [1.807, 2.05) is 38.4 Å². The predicted molar refractivity (Wildman–Crippen MR) is 81.3 cm³/mol. The number of fused-ring (bicyclic) bond motifs is 1. The molecule has 0 unspecified atom stereocenters. The summed E-state index contributed by atoms with van der Waals surface area (Å²) in [5, 5.41) is 8.62. The molecule has 0 radical (unpaired) electrons. The zero-order valence-electron chi connectivity index (χ0n) is 12.0. The molecule has 0 fully saturated rings. The van der Waals surface area contributed by atoms with Crippen LogP contribution in [0.2, 0.25) is 0 Å². The average Bonchev–Trinajstić information content (AvgIpc) is 2.46. The lowest BCUT2D eigenvalue weighted by atomic mass is 10.1. The van der Waals surface area contributed by atoms with Gasteiger partial charge < -0.3 is 10.6 Å². The quantitative estimate of drug-likeness (QED) is 0.791. The molecule has 0 aliphatic heterocycles. The number of pyridine rings is 1. The number of nitrogens with one attached hydrogen (secondary N) is 2. The van der Waals surface area contributed by atoms with Gasteiger partial charge in [0.1, 0.15) is 0 Å². The summed E-state index contributed by atoms with van der Waals surface area (Å²) in [5.41, 5.74) is 1.25. The molecule has 4 nitrogen and oxygen atoms in total. The van der Waals surface area contributed by atoms with Gasteiger partial charge in [0, 0.05) is 43.3 Å². The number of amides is 1. The van der Waals surface area contributed by atoms with Gasteiger partial charge in [0.2, 0.25) is 5.91 Å². The highest BCUT2D eigenvalue weighted by molar-refractivity contribution is 5.84. The first kappa shape index (κ1) is 14.5. The Morgan fingerprint density at radius 2 is 2.10 bits per heavy atom. The Morgan fingerprint density at radius 3 is 2.90 bits per heavy atom. The maximum Gasteiger partial charge on any atom is 0.222 e. The van der Waals surface area contributed by atoms with E-state index >= 15 is 0 Å². The fourth-order valence-electron chi connectivity index (χ4n) is 2.05. The van der Waals surface area contributed by atoms with Crippen LogP contribution >= 0.6 is 0 Å². The largest absolute Gasteiger partial charge is 0.355 e. The topological polar surface area (TPSA) is 54.0 Å². The van der Waals surface area contributed by atoms with Gasteiger partial charge >= 0.3 is 0 Å². The van der Waals surface area contributed by atoms with Crippen LogP contribution in [-0.2, 0) is 11.3 Å². The molecule has 106 valence electrons. The molecule has 2 N–H and O–H groups in total. The second kappa shape index (κ2) is 7.01. The lowest BCUT2D eigenvalue weighted by Crippen LogP contribution is -2.34. The predicted octanol–water partition coefficient (Wildman–Crippen LogP) is 2.10. The Hall–Kier alpha value is -1.94. The summed E-state index contributed by atoms with van der Waals surface area (Å²) in [6.07, 6.45) is 3.69. The lowest BCUT2D eigenvalue weighted by molar-refractivity contribution is -0.123. The van der Waals surface area contributed by atoms with Crippen LogP contribution in [0.15, 0.2) is 36.7 Å². The number of benzene rings is 1.